The Morgan fingerprint density at radius 1 is 1.18 bits per heavy atom. The van der Waals surface area contributed by atoms with Gasteiger partial charge in [-0.2, -0.15) is 0 Å². The first-order valence-corrected chi connectivity index (χ1v) is 14.6. The van der Waals surface area contributed by atoms with Gasteiger partial charge in [0, 0.05) is 41.2 Å². The molecule has 0 bridgehead atoms. The Morgan fingerprint density at radius 3 is 2.74 bits per heavy atom. The Hall–Kier alpha value is -2.77. The predicted octanol–water partition coefficient (Wildman–Crippen LogP) is 4.78. The number of fused-ring (bicyclic) bond motifs is 3. The fraction of sp³-hybridized carbons (Fsp3) is 0.548. The van der Waals surface area contributed by atoms with Gasteiger partial charge < -0.3 is 14.8 Å². The molecule has 1 aromatic carbocycles. The number of Topliss-reactive ketones (excluding diaryl/α,β-unsaturated/α-hetero) is 1. The number of piperidine rings is 1. The van der Waals surface area contributed by atoms with Crippen molar-refractivity contribution < 1.29 is 19.1 Å². The molecule has 2 aromatic rings. The van der Waals surface area contributed by atoms with Crippen LogP contribution >= 0.6 is 11.6 Å². The zero-order valence-corrected chi connectivity index (χ0v) is 23.3. The van der Waals surface area contributed by atoms with Crippen LogP contribution in [0.25, 0.3) is 0 Å². The van der Waals surface area contributed by atoms with Gasteiger partial charge in [0.25, 0.3) is 0 Å². The molecule has 1 atom stereocenters. The van der Waals surface area contributed by atoms with E-state index in [0.717, 1.165) is 87.0 Å². The number of aldehydes is 1. The predicted molar refractivity (Wildman–Crippen MR) is 149 cm³/mol. The molecule has 6 rings (SSSR count). The van der Waals surface area contributed by atoms with Gasteiger partial charge in [0.05, 0.1) is 11.6 Å². The van der Waals surface area contributed by atoms with Crippen LogP contribution in [-0.4, -0.2) is 54.1 Å². The van der Waals surface area contributed by atoms with E-state index in [0.29, 0.717) is 42.1 Å². The van der Waals surface area contributed by atoms with Crippen LogP contribution in [0.15, 0.2) is 30.5 Å². The van der Waals surface area contributed by atoms with Crippen LogP contribution in [0.5, 0.6) is 5.75 Å². The summed E-state index contributed by atoms with van der Waals surface area (Å²) in [6.45, 7) is 4.93. The van der Waals surface area contributed by atoms with E-state index in [1.54, 1.807) is 6.20 Å². The molecular weight excluding hydrogens is 514 g/mol. The Labute approximate surface area is 234 Å². The largest absolute Gasteiger partial charge is 0.491 e. The molecule has 1 amide bonds. The second-order valence-corrected chi connectivity index (χ2v) is 12.8. The summed E-state index contributed by atoms with van der Waals surface area (Å²) in [7, 11) is 0. The molecule has 8 heteroatoms. The number of ether oxygens (including phenoxy) is 1. The number of anilines is 1. The zero-order valence-electron chi connectivity index (χ0n) is 22.5. The van der Waals surface area contributed by atoms with Crippen molar-refractivity contribution in [3.8, 4) is 5.75 Å². The summed E-state index contributed by atoms with van der Waals surface area (Å²) in [6, 6.07) is 7.63. The highest BCUT2D eigenvalue weighted by Crippen LogP contribution is 2.50. The molecule has 1 N–H and O–H groups in total. The lowest BCUT2D eigenvalue weighted by molar-refractivity contribution is -0.126. The summed E-state index contributed by atoms with van der Waals surface area (Å²) < 4.78 is 6.07. The van der Waals surface area contributed by atoms with Gasteiger partial charge in [-0.1, -0.05) is 18.5 Å². The van der Waals surface area contributed by atoms with Gasteiger partial charge in [0.1, 0.15) is 24.4 Å². The van der Waals surface area contributed by atoms with Gasteiger partial charge in [-0.05, 0) is 98.8 Å². The molecule has 2 fully saturated rings. The Kier molecular flexibility index (Phi) is 7.00. The summed E-state index contributed by atoms with van der Waals surface area (Å²) in [4.78, 5) is 44.1. The molecule has 1 saturated heterocycles. The summed E-state index contributed by atoms with van der Waals surface area (Å²) in [5.41, 5.74) is 3.19. The minimum Gasteiger partial charge on any atom is -0.491 e. The van der Waals surface area contributed by atoms with Crippen LogP contribution in [-0.2, 0) is 32.6 Å². The third kappa shape index (κ3) is 5.11. The summed E-state index contributed by atoms with van der Waals surface area (Å²) in [6.07, 6.45) is 8.96. The number of likely N-dealkylation sites (tertiary alicyclic amines) is 1. The minimum absolute atomic E-state index is 0.0792. The molecule has 1 unspecified atom stereocenters. The Balaban J connectivity index is 1.01. The second-order valence-electron chi connectivity index (χ2n) is 12.4. The van der Waals surface area contributed by atoms with Gasteiger partial charge in [0.15, 0.2) is 0 Å². The van der Waals surface area contributed by atoms with Gasteiger partial charge >= 0.3 is 0 Å². The number of hydrogen-bond donors (Lipinski definition) is 1. The zero-order chi connectivity index (χ0) is 27.2. The molecule has 2 aliphatic carbocycles. The molecule has 39 heavy (non-hydrogen) atoms. The number of ketones is 1. The van der Waals surface area contributed by atoms with Crippen LogP contribution in [0.3, 0.4) is 0 Å². The lowest BCUT2D eigenvalue weighted by Crippen LogP contribution is -2.47. The van der Waals surface area contributed by atoms with Gasteiger partial charge in [0.2, 0.25) is 5.91 Å². The molecule has 4 aliphatic rings. The highest BCUT2D eigenvalue weighted by Gasteiger charge is 2.48. The minimum atomic E-state index is -0.491. The lowest BCUT2D eigenvalue weighted by Gasteiger charge is -2.45. The van der Waals surface area contributed by atoms with Crippen molar-refractivity contribution in [1.29, 1.82) is 0 Å². The number of nitrogens with one attached hydrogen (secondary N) is 1. The summed E-state index contributed by atoms with van der Waals surface area (Å²) >= 11 is 6.24. The van der Waals surface area contributed by atoms with E-state index in [2.05, 4.69) is 15.2 Å². The number of halogens is 1. The van der Waals surface area contributed by atoms with Crippen LogP contribution in [0.4, 0.5) is 5.69 Å². The molecule has 7 nitrogen and oxygen atoms in total. The standard InChI is InChI=1S/C31H36ClN3O4/c1-30(19-36)16-22(17-30)20-2-4-27-21(13-24(37)12-20)14-25(18-33-27)39-11-10-35-8-6-31(7-9-35)26-15-23(32)3-5-28(26)34-29(31)38/h3,5,14-15,18-20,22H,2,4,6-13,16-17H2,1H3,(H,34,38)/t20?,22-,30+. The fourth-order valence-electron chi connectivity index (χ4n) is 7.28. The number of pyridine rings is 1. The number of aryl methyl sites for hydroxylation is 1. The van der Waals surface area contributed by atoms with Crippen molar-refractivity contribution in [2.45, 2.75) is 63.7 Å². The number of hydrogen-bond acceptors (Lipinski definition) is 6. The van der Waals surface area contributed by atoms with Crippen molar-refractivity contribution >= 4 is 35.3 Å². The van der Waals surface area contributed by atoms with Crippen molar-refractivity contribution in [2.24, 2.45) is 17.3 Å². The number of carbonyl (C=O) groups excluding carboxylic acids is 3. The third-order valence-electron chi connectivity index (χ3n) is 9.64. The summed E-state index contributed by atoms with van der Waals surface area (Å²) in [5, 5.41) is 3.70. The van der Waals surface area contributed by atoms with E-state index < -0.39 is 5.41 Å². The van der Waals surface area contributed by atoms with Crippen LogP contribution < -0.4 is 10.1 Å². The molecule has 1 saturated carbocycles. The highest BCUT2D eigenvalue weighted by atomic mass is 35.5. The normalized spacial score (nSPS) is 28.1. The number of nitrogens with zero attached hydrogens (tertiary/aromatic N) is 2. The van der Waals surface area contributed by atoms with E-state index in [1.807, 2.05) is 31.2 Å². The molecule has 0 radical (unpaired) electrons. The number of carbonyl (C=O) groups is 3. The molecule has 2 aliphatic heterocycles. The first kappa shape index (κ1) is 26.5. The quantitative estimate of drug-likeness (QED) is 0.522. The maximum atomic E-state index is 12.9. The molecule has 3 heterocycles. The Morgan fingerprint density at radius 2 is 1.97 bits per heavy atom. The van der Waals surface area contributed by atoms with Crippen molar-refractivity contribution in [3.05, 3.63) is 52.3 Å². The van der Waals surface area contributed by atoms with Gasteiger partial charge in [-0.25, -0.2) is 0 Å². The number of rotatable bonds is 6. The Bertz CT molecular complexity index is 1300. The lowest BCUT2D eigenvalue weighted by atomic mass is 9.58. The van der Waals surface area contributed by atoms with Crippen molar-refractivity contribution in [3.63, 3.8) is 0 Å². The SMILES string of the molecule is C[C@]1(C=O)C[C@@H](C2CCc3ncc(OCCN4CCC5(CC4)C(=O)Nc4ccc(Cl)cc45)cc3CC(=O)C2)C1. The van der Waals surface area contributed by atoms with Gasteiger partial charge in [-0.3, -0.25) is 19.5 Å². The topological polar surface area (TPSA) is 88.6 Å². The monoisotopic (exact) mass is 549 g/mol. The fourth-order valence-corrected chi connectivity index (χ4v) is 7.45. The molecule has 1 spiro atoms. The van der Waals surface area contributed by atoms with Crippen LogP contribution in [0.1, 0.15) is 62.3 Å². The van der Waals surface area contributed by atoms with E-state index in [4.69, 9.17) is 16.3 Å². The van der Waals surface area contributed by atoms with E-state index in [-0.39, 0.29) is 17.1 Å². The smallest absolute Gasteiger partial charge is 0.235 e. The number of aromatic nitrogens is 1. The molecular formula is C31H36ClN3O4. The summed E-state index contributed by atoms with van der Waals surface area (Å²) in [5.74, 6) is 1.84. The van der Waals surface area contributed by atoms with Crippen LogP contribution in [0, 0.1) is 17.3 Å². The molecule has 206 valence electrons. The van der Waals surface area contributed by atoms with Crippen molar-refractivity contribution in [2.75, 3.05) is 31.6 Å². The number of benzene rings is 1. The maximum absolute atomic E-state index is 12.9. The van der Waals surface area contributed by atoms with Crippen molar-refractivity contribution in [1.82, 2.24) is 9.88 Å². The molecule has 1 aromatic heterocycles. The van der Waals surface area contributed by atoms with Gasteiger partial charge in [-0.15, -0.1) is 0 Å². The van der Waals surface area contributed by atoms with E-state index >= 15 is 0 Å². The third-order valence-corrected chi connectivity index (χ3v) is 9.87. The average molecular weight is 550 g/mol. The maximum Gasteiger partial charge on any atom is 0.235 e. The van der Waals surface area contributed by atoms with E-state index in [9.17, 15) is 14.4 Å². The van der Waals surface area contributed by atoms with Crippen LogP contribution in [0.2, 0.25) is 5.02 Å². The average Bonchev–Trinajstić information content (AvgIpc) is 3.15. The second kappa shape index (κ2) is 10.3. The first-order valence-electron chi connectivity index (χ1n) is 14.2. The first-order chi connectivity index (χ1) is 18.8. The van der Waals surface area contributed by atoms with E-state index in [1.165, 1.54) is 0 Å². The number of amides is 1. The highest BCUT2D eigenvalue weighted by molar-refractivity contribution is 6.31.